The van der Waals surface area contributed by atoms with Gasteiger partial charge in [0, 0.05) is 18.0 Å². The van der Waals surface area contributed by atoms with Crippen LogP contribution in [0.3, 0.4) is 0 Å². The molecular weight excluding hydrogens is 282 g/mol. The van der Waals surface area contributed by atoms with Crippen LogP contribution in [0.15, 0.2) is 29.2 Å². The summed E-state index contributed by atoms with van der Waals surface area (Å²) in [6.07, 6.45) is 5.13. The summed E-state index contributed by atoms with van der Waals surface area (Å²) in [5, 5.41) is 3.65. The molecule has 2 aliphatic carbocycles. The number of anilines is 1. The monoisotopic (exact) mass is 307 g/mol. The van der Waals surface area contributed by atoms with Crippen LogP contribution in [0.4, 0.5) is 5.69 Å². The van der Waals surface area contributed by atoms with Crippen LogP contribution < -0.4 is 5.32 Å². The second kappa shape index (κ2) is 4.48. The third-order valence-electron chi connectivity index (χ3n) is 5.84. The zero-order valence-electron chi connectivity index (χ0n) is 13.3. The largest absolute Gasteiger partial charge is 0.381 e. The van der Waals surface area contributed by atoms with Gasteiger partial charge in [-0.2, -0.15) is 0 Å². The fourth-order valence-electron chi connectivity index (χ4n) is 4.65. The molecule has 0 aliphatic heterocycles. The molecule has 0 amide bonds. The number of sulfone groups is 1. The summed E-state index contributed by atoms with van der Waals surface area (Å²) < 4.78 is 23.4. The van der Waals surface area contributed by atoms with E-state index >= 15 is 0 Å². The topological polar surface area (TPSA) is 46.2 Å². The second-order valence-electron chi connectivity index (χ2n) is 7.79. The number of hydrogen-bond acceptors (Lipinski definition) is 3. The van der Waals surface area contributed by atoms with E-state index in [0.717, 1.165) is 11.6 Å². The molecule has 2 aliphatic rings. The van der Waals surface area contributed by atoms with Gasteiger partial charge in [-0.15, -0.1) is 0 Å². The molecule has 2 bridgehead atoms. The van der Waals surface area contributed by atoms with Gasteiger partial charge in [-0.25, -0.2) is 8.42 Å². The second-order valence-corrected chi connectivity index (χ2v) is 9.81. The van der Waals surface area contributed by atoms with Crippen LogP contribution in [0.5, 0.6) is 0 Å². The Morgan fingerprint density at radius 2 is 1.95 bits per heavy atom. The smallest absolute Gasteiger partial charge is 0.175 e. The maximum atomic E-state index is 11.7. The molecule has 0 saturated heterocycles. The molecule has 1 aromatic carbocycles. The molecule has 2 saturated carbocycles. The minimum absolute atomic E-state index is 0.258. The lowest BCUT2D eigenvalue weighted by Crippen LogP contribution is -2.45. The zero-order valence-corrected chi connectivity index (χ0v) is 14.1. The van der Waals surface area contributed by atoms with Crippen LogP contribution in [0, 0.1) is 16.7 Å². The first-order chi connectivity index (χ1) is 9.63. The SMILES string of the molecule is CC1(C)C(Nc2cccc(S(C)(=O)=O)c2)[C@]2(C)CC[C@H]1C2. The Morgan fingerprint density at radius 1 is 1.24 bits per heavy atom. The molecule has 0 spiro atoms. The summed E-state index contributed by atoms with van der Waals surface area (Å²) in [6.45, 7) is 7.07. The van der Waals surface area contributed by atoms with Crippen molar-refractivity contribution in [2.24, 2.45) is 16.7 Å². The third-order valence-corrected chi connectivity index (χ3v) is 6.95. The maximum Gasteiger partial charge on any atom is 0.175 e. The summed E-state index contributed by atoms with van der Waals surface area (Å²) in [6, 6.07) is 7.62. The quantitative estimate of drug-likeness (QED) is 0.926. The highest BCUT2D eigenvalue weighted by molar-refractivity contribution is 7.90. The summed E-state index contributed by atoms with van der Waals surface area (Å²) >= 11 is 0. The average Bonchev–Trinajstić information content (AvgIpc) is 2.85. The van der Waals surface area contributed by atoms with Gasteiger partial charge in [-0.1, -0.05) is 26.8 Å². The standard InChI is InChI=1S/C17H25NO2S/c1-16(2)12-8-9-17(3,11-12)15(16)18-13-6-5-7-14(10-13)21(4,19)20/h5-7,10,12,15,18H,8-9,11H2,1-4H3/t12-,15?,17+/m0/s1. The number of benzene rings is 1. The van der Waals surface area contributed by atoms with Gasteiger partial charge < -0.3 is 5.32 Å². The van der Waals surface area contributed by atoms with E-state index in [0.29, 0.717) is 16.4 Å². The number of fused-ring (bicyclic) bond motifs is 2. The normalized spacial score (nSPS) is 34.1. The van der Waals surface area contributed by atoms with E-state index in [1.807, 2.05) is 12.1 Å². The first-order valence-electron chi connectivity index (χ1n) is 7.70. The summed E-state index contributed by atoms with van der Waals surface area (Å²) in [5.41, 5.74) is 1.51. The van der Waals surface area contributed by atoms with Crippen LogP contribution in [0.1, 0.15) is 40.0 Å². The van der Waals surface area contributed by atoms with E-state index in [-0.39, 0.29) is 5.41 Å². The van der Waals surface area contributed by atoms with Crippen LogP contribution in [-0.2, 0) is 9.84 Å². The van der Waals surface area contributed by atoms with Crippen LogP contribution in [0.2, 0.25) is 0 Å². The van der Waals surface area contributed by atoms with E-state index in [2.05, 4.69) is 26.1 Å². The third kappa shape index (κ3) is 2.37. The Hall–Kier alpha value is -1.03. The average molecular weight is 307 g/mol. The van der Waals surface area contributed by atoms with Crippen LogP contribution in [-0.4, -0.2) is 20.7 Å². The Morgan fingerprint density at radius 3 is 2.52 bits per heavy atom. The Bertz CT molecular complexity index is 660. The minimum atomic E-state index is -3.15. The molecule has 4 heteroatoms. The fourth-order valence-corrected chi connectivity index (χ4v) is 5.31. The van der Waals surface area contributed by atoms with Crippen molar-refractivity contribution in [1.29, 1.82) is 0 Å². The molecule has 116 valence electrons. The maximum absolute atomic E-state index is 11.7. The molecular formula is C17H25NO2S. The van der Waals surface area contributed by atoms with Crippen LogP contribution >= 0.6 is 0 Å². The van der Waals surface area contributed by atoms with Gasteiger partial charge in [0.25, 0.3) is 0 Å². The number of hydrogen-bond donors (Lipinski definition) is 1. The molecule has 1 aromatic rings. The summed E-state index contributed by atoms with van der Waals surface area (Å²) in [5.74, 6) is 0.776. The first-order valence-corrected chi connectivity index (χ1v) is 9.59. The van der Waals surface area contributed by atoms with Gasteiger partial charge >= 0.3 is 0 Å². The van der Waals surface area contributed by atoms with Crippen molar-refractivity contribution in [2.75, 3.05) is 11.6 Å². The predicted molar refractivity (Wildman–Crippen MR) is 86.2 cm³/mol. The Kier molecular flexibility index (Phi) is 3.18. The van der Waals surface area contributed by atoms with Gasteiger partial charge in [0.15, 0.2) is 9.84 Å². The van der Waals surface area contributed by atoms with Gasteiger partial charge in [-0.3, -0.25) is 0 Å². The predicted octanol–water partition coefficient (Wildman–Crippen LogP) is 3.72. The van der Waals surface area contributed by atoms with Crippen molar-refractivity contribution >= 4 is 15.5 Å². The van der Waals surface area contributed by atoms with Gasteiger partial charge in [-0.05, 0) is 54.2 Å². The lowest BCUT2D eigenvalue weighted by molar-refractivity contribution is 0.155. The van der Waals surface area contributed by atoms with E-state index in [4.69, 9.17) is 0 Å². The molecule has 3 rings (SSSR count). The molecule has 3 nitrogen and oxygen atoms in total. The fraction of sp³-hybridized carbons (Fsp3) is 0.647. The number of nitrogens with one attached hydrogen (secondary N) is 1. The molecule has 0 aromatic heterocycles. The van der Waals surface area contributed by atoms with Crippen molar-refractivity contribution in [3.8, 4) is 0 Å². The highest BCUT2D eigenvalue weighted by atomic mass is 32.2. The van der Waals surface area contributed by atoms with Crippen molar-refractivity contribution in [2.45, 2.75) is 51.0 Å². The van der Waals surface area contributed by atoms with Crippen molar-refractivity contribution in [3.63, 3.8) is 0 Å². The van der Waals surface area contributed by atoms with Crippen molar-refractivity contribution in [3.05, 3.63) is 24.3 Å². The lowest BCUT2D eigenvalue weighted by Gasteiger charge is -2.43. The summed E-state index contributed by atoms with van der Waals surface area (Å²) in [7, 11) is -3.15. The van der Waals surface area contributed by atoms with E-state index in [1.165, 1.54) is 25.5 Å². The van der Waals surface area contributed by atoms with E-state index in [1.54, 1.807) is 12.1 Å². The highest BCUT2D eigenvalue weighted by Crippen LogP contribution is 2.63. The van der Waals surface area contributed by atoms with Crippen LogP contribution in [0.25, 0.3) is 0 Å². The molecule has 0 radical (unpaired) electrons. The van der Waals surface area contributed by atoms with Gasteiger partial charge in [0.05, 0.1) is 4.90 Å². The van der Waals surface area contributed by atoms with Crippen molar-refractivity contribution < 1.29 is 8.42 Å². The number of rotatable bonds is 3. The Labute approximate surface area is 128 Å². The molecule has 3 atom stereocenters. The van der Waals surface area contributed by atoms with E-state index < -0.39 is 9.84 Å². The van der Waals surface area contributed by atoms with Gasteiger partial charge in [0.1, 0.15) is 0 Å². The summed E-state index contributed by atoms with van der Waals surface area (Å²) in [4.78, 5) is 0.388. The molecule has 21 heavy (non-hydrogen) atoms. The Balaban J connectivity index is 1.91. The van der Waals surface area contributed by atoms with E-state index in [9.17, 15) is 8.42 Å². The van der Waals surface area contributed by atoms with Crippen molar-refractivity contribution in [1.82, 2.24) is 0 Å². The highest BCUT2D eigenvalue weighted by Gasteiger charge is 2.59. The molecule has 1 unspecified atom stereocenters. The minimum Gasteiger partial charge on any atom is -0.381 e. The zero-order chi connectivity index (χ0) is 15.5. The molecule has 2 fully saturated rings. The molecule has 0 heterocycles. The van der Waals surface area contributed by atoms with Gasteiger partial charge in [0.2, 0.25) is 0 Å². The molecule has 1 N–H and O–H groups in total. The first kappa shape index (κ1) is 14.9. The lowest BCUT2D eigenvalue weighted by atomic mass is 9.68.